The van der Waals surface area contributed by atoms with Gasteiger partial charge in [-0.3, -0.25) is 4.79 Å². The molecular formula is C11H10F3NOS. The summed E-state index contributed by atoms with van der Waals surface area (Å²) in [6.07, 6.45) is -2.63. The van der Waals surface area contributed by atoms with Crippen LogP contribution in [0.3, 0.4) is 0 Å². The number of hydrogen-bond donors (Lipinski definition) is 1. The summed E-state index contributed by atoms with van der Waals surface area (Å²) in [6.45, 7) is 1.70. The molecule has 0 fully saturated rings. The maximum atomic E-state index is 12.5. The molecular weight excluding hydrogens is 251 g/mol. The number of thioether (sulfide) groups is 1. The molecule has 2 rings (SSSR count). The van der Waals surface area contributed by atoms with Crippen molar-refractivity contribution >= 4 is 23.4 Å². The number of amides is 1. The highest BCUT2D eigenvalue weighted by atomic mass is 32.2. The smallest absolute Gasteiger partial charge is 0.324 e. The molecule has 2 nitrogen and oxygen atoms in total. The van der Waals surface area contributed by atoms with E-state index in [0.717, 1.165) is 12.1 Å². The highest BCUT2D eigenvalue weighted by molar-refractivity contribution is 8.00. The van der Waals surface area contributed by atoms with Crippen LogP contribution in [0.25, 0.3) is 0 Å². The van der Waals surface area contributed by atoms with Gasteiger partial charge in [-0.15, -0.1) is 11.8 Å². The Morgan fingerprint density at radius 2 is 2.00 bits per heavy atom. The fraction of sp³-hybridized carbons (Fsp3) is 0.364. The van der Waals surface area contributed by atoms with E-state index >= 15 is 0 Å². The molecule has 0 saturated heterocycles. The van der Waals surface area contributed by atoms with Crippen molar-refractivity contribution in [3.8, 4) is 0 Å². The molecule has 1 aliphatic heterocycles. The van der Waals surface area contributed by atoms with Crippen LogP contribution >= 0.6 is 11.8 Å². The lowest BCUT2D eigenvalue weighted by atomic mass is 10.0. The van der Waals surface area contributed by atoms with E-state index < -0.39 is 16.5 Å². The van der Waals surface area contributed by atoms with Crippen LogP contribution in [0.2, 0.25) is 0 Å². The normalized spacial score (nSPS) is 23.5. The Labute approximate surface area is 101 Å². The zero-order valence-corrected chi connectivity index (χ0v) is 10.00. The summed E-state index contributed by atoms with van der Waals surface area (Å²) < 4.78 is 36.7. The molecule has 0 radical (unpaired) electrons. The molecule has 1 aromatic carbocycles. The Balaban J connectivity index is 2.53. The molecule has 0 bridgehead atoms. The molecule has 0 saturated carbocycles. The van der Waals surface area contributed by atoms with Gasteiger partial charge in [0.05, 0.1) is 5.56 Å². The van der Waals surface area contributed by atoms with Crippen molar-refractivity contribution in [2.24, 2.45) is 0 Å². The summed E-state index contributed by atoms with van der Waals surface area (Å²) in [4.78, 5) is 11.7. The van der Waals surface area contributed by atoms with Gasteiger partial charge in [-0.2, -0.15) is 13.2 Å². The third kappa shape index (κ3) is 1.80. The van der Waals surface area contributed by atoms with Crippen molar-refractivity contribution in [2.45, 2.75) is 17.8 Å². The first-order chi connectivity index (χ1) is 7.79. The topological polar surface area (TPSA) is 29.1 Å². The first kappa shape index (κ1) is 12.3. The average Bonchev–Trinajstić information content (AvgIpc) is 2.50. The van der Waals surface area contributed by atoms with Crippen molar-refractivity contribution in [3.63, 3.8) is 0 Å². The summed E-state index contributed by atoms with van der Waals surface area (Å²) in [5, 5.41) is 2.49. The van der Waals surface area contributed by atoms with E-state index in [4.69, 9.17) is 0 Å². The number of carbonyl (C=O) groups excluding carboxylic acids is 1. The Morgan fingerprint density at radius 1 is 1.35 bits per heavy atom. The largest absolute Gasteiger partial charge is 0.416 e. The van der Waals surface area contributed by atoms with E-state index in [2.05, 4.69) is 5.32 Å². The van der Waals surface area contributed by atoms with Gasteiger partial charge >= 0.3 is 6.18 Å². The third-order valence-electron chi connectivity index (χ3n) is 2.95. The number of nitrogens with one attached hydrogen (secondary N) is 1. The van der Waals surface area contributed by atoms with Gasteiger partial charge in [-0.25, -0.2) is 0 Å². The summed E-state index contributed by atoms with van der Waals surface area (Å²) >= 11 is 1.31. The van der Waals surface area contributed by atoms with Crippen molar-refractivity contribution in [3.05, 3.63) is 29.3 Å². The van der Waals surface area contributed by atoms with Crippen molar-refractivity contribution in [1.29, 1.82) is 0 Å². The van der Waals surface area contributed by atoms with E-state index in [9.17, 15) is 18.0 Å². The number of hydrogen-bond acceptors (Lipinski definition) is 2. The molecule has 1 aliphatic rings. The summed E-state index contributed by atoms with van der Waals surface area (Å²) in [5.74, 6) is -0.278. The minimum atomic E-state index is -4.39. The minimum absolute atomic E-state index is 0.252. The summed E-state index contributed by atoms with van der Waals surface area (Å²) in [7, 11) is 0. The number of carbonyl (C=O) groups is 1. The molecule has 0 unspecified atom stereocenters. The maximum absolute atomic E-state index is 12.5. The molecule has 0 aromatic heterocycles. The lowest BCUT2D eigenvalue weighted by Gasteiger charge is -2.19. The number of fused-ring (bicyclic) bond motifs is 1. The first-order valence-electron chi connectivity index (χ1n) is 4.87. The molecule has 0 aliphatic carbocycles. The third-order valence-corrected chi connectivity index (χ3v) is 4.17. The molecule has 6 heteroatoms. The summed E-state index contributed by atoms with van der Waals surface area (Å²) in [6, 6.07) is 3.36. The lowest BCUT2D eigenvalue weighted by Crippen LogP contribution is -2.26. The van der Waals surface area contributed by atoms with E-state index in [1.807, 2.05) is 0 Å². The Morgan fingerprint density at radius 3 is 2.53 bits per heavy atom. The van der Waals surface area contributed by atoms with E-state index in [1.54, 1.807) is 13.2 Å². The number of halogens is 3. The second kappa shape index (κ2) is 3.66. The molecule has 92 valence electrons. The SMILES string of the molecule is CS[C@@]1(C)C(=O)Nc2cc(C(F)(F)F)ccc21. The van der Waals surface area contributed by atoms with Crippen LogP contribution in [0.1, 0.15) is 18.1 Å². The molecule has 1 N–H and O–H groups in total. The number of anilines is 1. The van der Waals surface area contributed by atoms with Crippen molar-refractivity contribution in [2.75, 3.05) is 11.6 Å². The molecule has 1 heterocycles. The quantitative estimate of drug-likeness (QED) is 0.840. The second-order valence-electron chi connectivity index (χ2n) is 3.95. The van der Waals surface area contributed by atoms with Gasteiger partial charge in [0, 0.05) is 11.3 Å². The Kier molecular flexibility index (Phi) is 2.65. The maximum Gasteiger partial charge on any atom is 0.416 e. The molecule has 0 spiro atoms. The predicted molar refractivity (Wildman–Crippen MR) is 60.9 cm³/mol. The standard InChI is InChI=1S/C11H10F3NOS/c1-10(17-2)7-4-3-6(11(12,13)14)5-8(7)15-9(10)16/h3-5H,1-2H3,(H,15,16)/t10-/m1/s1. The predicted octanol–water partition coefficient (Wildman–Crippen LogP) is 3.24. The first-order valence-corrected chi connectivity index (χ1v) is 6.10. The zero-order valence-electron chi connectivity index (χ0n) is 9.18. The fourth-order valence-electron chi connectivity index (χ4n) is 1.81. The van der Waals surface area contributed by atoms with Crippen molar-refractivity contribution in [1.82, 2.24) is 0 Å². The van der Waals surface area contributed by atoms with Crippen molar-refractivity contribution < 1.29 is 18.0 Å². The van der Waals surface area contributed by atoms with E-state index in [1.165, 1.54) is 17.8 Å². The van der Waals surface area contributed by atoms with E-state index in [0.29, 0.717) is 5.56 Å². The fourth-order valence-corrected chi connectivity index (χ4v) is 2.44. The number of benzene rings is 1. The van der Waals surface area contributed by atoms with Gasteiger partial charge in [0.1, 0.15) is 4.75 Å². The molecule has 1 amide bonds. The van der Waals surface area contributed by atoms with E-state index in [-0.39, 0.29) is 11.6 Å². The molecule has 1 aromatic rings. The van der Waals surface area contributed by atoms with Gasteiger partial charge in [0.15, 0.2) is 0 Å². The Hall–Kier alpha value is -1.17. The van der Waals surface area contributed by atoms with Crippen LogP contribution in [-0.4, -0.2) is 12.2 Å². The van der Waals surface area contributed by atoms with Crippen LogP contribution < -0.4 is 5.32 Å². The van der Waals surface area contributed by atoms with Crippen LogP contribution in [0.4, 0.5) is 18.9 Å². The molecule has 1 atom stereocenters. The molecule has 17 heavy (non-hydrogen) atoms. The zero-order chi connectivity index (χ0) is 12.8. The number of rotatable bonds is 1. The van der Waals surface area contributed by atoms with Gasteiger partial charge < -0.3 is 5.32 Å². The highest BCUT2D eigenvalue weighted by Gasteiger charge is 2.43. The van der Waals surface area contributed by atoms with Gasteiger partial charge in [-0.1, -0.05) is 6.07 Å². The average molecular weight is 261 g/mol. The van der Waals surface area contributed by atoms with Gasteiger partial charge in [-0.05, 0) is 25.3 Å². The summed E-state index contributed by atoms with van der Waals surface area (Å²) in [5.41, 5.74) is 0.103. The second-order valence-corrected chi connectivity index (χ2v) is 5.17. The van der Waals surface area contributed by atoms with Crippen LogP contribution in [0, 0.1) is 0 Å². The Bertz CT molecular complexity index is 486. The van der Waals surface area contributed by atoms with Crippen LogP contribution in [0.15, 0.2) is 18.2 Å². The van der Waals surface area contributed by atoms with Crippen LogP contribution in [0.5, 0.6) is 0 Å². The lowest BCUT2D eigenvalue weighted by molar-refractivity contribution is -0.137. The number of alkyl halides is 3. The van der Waals surface area contributed by atoms with Crippen LogP contribution in [-0.2, 0) is 15.7 Å². The van der Waals surface area contributed by atoms with Gasteiger partial charge in [0.2, 0.25) is 5.91 Å². The monoisotopic (exact) mass is 261 g/mol. The highest BCUT2D eigenvalue weighted by Crippen LogP contribution is 2.46. The van der Waals surface area contributed by atoms with Gasteiger partial charge in [0.25, 0.3) is 0 Å². The minimum Gasteiger partial charge on any atom is -0.324 e.